The van der Waals surface area contributed by atoms with Crippen molar-refractivity contribution in [1.82, 2.24) is 0 Å². The van der Waals surface area contributed by atoms with Gasteiger partial charge in [0.1, 0.15) is 0 Å². The van der Waals surface area contributed by atoms with Gasteiger partial charge in [0.25, 0.3) is 0 Å². The summed E-state index contributed by atoms with van der Waals surface area (Å²) < 4.78 is 0. The quantitative estimate of drug-likeness (QED) is 0.490. The van der Waals surface area contributed by atoms with Gasteiger partial charge in [0, 0.05) is 0 Å². The van der Waals surface area contributed by atoms with E-state index in [9.17, 15) is 10.2 Å². The molecule has 4 rings (SSSR count). The van der Waals surface area contributed by atoms with Crippen molar-refractivity contribution < 1.29 is 10.2 Å². The Bertz CT molecular complexity index is 708. The van der Waals surface area contributed by atoms with Crippen LogP contribution in [0.3, 0.4) is 0 Å². The predicted octanol–water partition coefficient (Wildman–Crippen LogP) is 6.77. The Morgan fingerprint density at radius 3 is 2.45 bits per heavy atom. The van der Waals surface area contributed by atoms with Crippen LogP contribution in [0.2, 0.25) is 0 Å². The second-order valence-corrected chi connectivity index (χ2v) is 12.6. The lowest BCUT2D eigenvalue weighted by atomic mass is 9.48. The highest BCUT2D eigenvalue weighted by Crippen LogP contribution is 2.66. The van der Waals surface area contributed by atoms with Crippen molar-refractivity contribution in [2.24, 2.45) is 52.3 Å². The van der Waals surface area contributed by atoms with E-state index in [2.05, 4.69) is 59.8 Å². The summed E-state index contributed by atoms with van der Waals surface area (Å²) in [6.07, 6.45) is 16.0. The van der Waals surface area contributed by atoms with E-state index in [1.807, 2.05) is 0 Å². The van der Waals surface area contributed by atoms with Crippen LogP contribution in [0.4, 0.5) is 0 Å². The molecule has 2 fully saturated rings. The van der Waals surface area contributed by atoms with E-state index in [1.165, 1.54) is 37.7 Å². The van der Waals surface area contributed by atoms with Gasteiger partial charge in [0.05, 0.1) is 12.2 Å². The molecule has 4 aliphatic carbocycles. The standard InChI is InChI=1S/C29H48O2/c1-7-20(18(2)3)16-27(31)19(4)24-10-11-25-23-9-8-21-17-22(30)12-14-28(21,5)26(23)13-15-29(24,25)6/h8-9,17-20,22-27,30-31H,7,10-16H2,1-6H3/t19?,20-,22-,23-,24+,25-,26-,27+,28-,29+/m0/s1. The van der Waals surface area contributed by atoms with Crippen molar-refractivity contribution in [3.05, 3.63) is 23.8 Å². The van der Waals surface area contributed by atoms with Crippen LogP contribution in [0.5, 0.6) is 0 Å². The topological polar surface area (TPSA) is 40.5 Å². The Morgan fingerprint density at radius 1 is 1.03 bits per heavy atom. The molecule has 1 unspecified atom stereocenters. The van der Waals surface area contributed by atoms with E-state index in [-0.39, 0.29) is 17.6 Å². The second kappa shape index (κ2) is 8.64. The normalized spacial score (nSPS) is 44.8. The first-order valence-corrected chi connectivity index (χ1v) is 13.4. The molecule has 10 atom stereocenters. The Hall–Kier alpha value is -0.600. The van der Waals surface area contributed by atoms with Crippen molar-refractivity contribution >= 4 is 0 Å². The van der Waals surface area contributed by atoms with Crippen LogP contribution in [-0.2, 0) is 0 Å². The van der Waals surface area contributed by atoms with Gasteiger partial charge in [-0.3, -0.25) is 0 Å². The minimum Gasteiger partial charge on any atom is -0.393 e. The Labute approximate surface area is 191 Å². The van der Waals surface area contributed by atoms with Crippen LogP contribution in [0.1, 0.15) is 92.9 Å². The molecular weight excluding hydrogens is 380 g/mol. The van der Waals surface area contributed by atoms with E-state index < -0.39 is 0 Å². The van der Waals surface area contributed by atoms with Crippen molar-refractivity contribution in [3.63, 3.8) is 0 Å². The second-order valence-electron chi connectivity index (χ2n) is 12.6. The summed E-state index contributed by atoms with van der Waals surface area (Å²) in [7, 11) is 0. The molecule has 0 radical (unpaired) electrons. The molecule has 0 aromatic carbocycles. The van der Waals surface area contributed by atoms with Gasteiger partial charge in [-0.15, -0.1) is 0 Å². The molecule has 0 aliphatic heterocycles. The lowest BCUT2D eigenvalue weighted by Gasteiger charge is -2.57. The Kier molecular flexibility index (Phi) is 6.56. The van der Waals surface area contributed by atoms with Gasteiger partial charge >= 0.3 is 0 Å². The summed E-state index contributed by atoms with van der Waals surface area (Å²) in [4.78, 5) is 0. The third-order valence-corrected chi connectivity index (χ3v) is 11.0. The van der Waals surface area contributed by atoms with Crippen molar-refractivity contribution in [1.29, 1.82) is 0 Å². The summed E-state index contributed by atoms with van der Waals surface area (Å²) in [5.41, 5.74) is 2.00. The number of hydrogen-bond donors (Lipinski definition) is 2. The number of aliphatic hydroxyl groups is 2. The monoisotopic (exact) mass is 428 g/mol. The number of rotatable bonds is 6. The highest BCUT2D eigenvalue weighted by atomic mass is 16.3. The SMILES string of the molecule is CC[C@@H](C[C@@H](O)C(C)[C@H]1CC[C@H]2[C@@H]3C=CC4=C[C@@H](O)CC[C@]4(C)[C@H]3CC[C@]12C)C(C)C. The lowest BCUT2D eigenvalue weighted by Crippen LogP contribution is -2.50. The molecule has 2 nitrogen and oxygen atoms in total. The molecule has 0 aromatic rings. The molecule has 2 heteroatoms. The smallest absolute Gasteiger partial charge is 0.0727 e. The maximum Gasteiger partial charge on any atom is 0.0727 e. The van der Waals surface area contributed by atoms with Crippen LogP contribution < -0.4 is 0 Å². The van der Waals surface area contributed by atoms with Gasteiger partial charge < -0.3 is 10.2 Å². The fraction of sp³-hybridized carbons (Fsp3) is 0.862. The summed E-state index contributed by atoms with van der Waals surface area (Å²) in [5, 5.41) is 21.4. The maximum absolute atomic E-state index is 11.2. The van der Waals surface area contributed by atoms with Gasteiger partial charge in [-0.1, -0.05) is 66.2 Å². The van der Waals surface area contributed by atoms with Gasteiger partial charge in [-0.2, -0.15) is 0 Å². The van der Waals surface area contributed by atoms with Gasteiger partial charge in [-0.05, 0) is 103 Å². The van der Waals surface area contributed by atoms with Gasteiger partial charge in [0.2, 0.25) is 0 Å². The maximum atomic E-state index is 11.2. The molecule has 0 saturated heterocycles. The molecule has 176 valence electrons. The zero-order valence-electron chi connectivity index (χ0n) is 21.0. The number of fused-ring (bicyclic) bond motifs is 5. The summed E-state index contributed by atoms with van der Waals surface area (Å²) in [5.74, 6) is 4.46. The van der Waals surface area contributed by atoms with E-state index in [1.54, 1.807) is 0 Å². The molecular formula is C29H48O2. The van der Waals surface area contributed by atoms with Crippen molar-refractivity contribution in [3.8, 4) is 0 Å². The third kappa shape index (κ3) is 3.88. The van der Waals surface area contributed by atoms with Gasteiger partial charge in [0.15, 0.2) is 0 Å². The number of hydrogen-bond acceptors (Lipinski definition) is 2. The van der Waals surface area contributed by atoms with Crippen molar-refractivity contribution in [2.45, 2.75) is 105 Å². The summed E-state index contributed by atoms with van der Waals surface area (Å²) in [6.45, 7) is 14.3. The largest absolute Gasteiger partial charge is 0.393 e. The first-order valence-electron chi connectivity index (χ1n) is 13.4. The minimum atomic E-state index is -0.255. The van der Waals surface area contributed by atoms with E-state index in [0.717, 1.165) is 31.1 Å². The first-order chi connectivity index (χ1) is 14.6. The van der Waals surface area contributed by atoms with Crippen LogP contribution >= 0.6 is 0 Å². The zero-order valence-corrected chi connectivity index (χ0v) is 21.0. The average molecular weight is 429 g/mol. The molecule has 2 saturated carbocycles. The molecule has 0 heterocycles. The molecule has 4 aliphatic rings. The Balaban J connectivity index is 1.53. The lowest BCUT2D eigenvalue weighted by molar-refractivity contribution is -0.0495. The number of allylic oxidation sites excluding steroid dienone is 3. The van der Waals surface area contributed by atoms with Crippen LogP contribution in [0, 0.1) is 52.3 Å². The Morgan fingerprint density at radius 2 is 1.77 bits per heavy atom. The van der Waals surface area contributed by atoms with E-state index in [0.29, 0.717) is 35.0 Å². The molecule has 2 N–H and O–H groups in total. The average Bonchev–Trinajstić information content (AvgIpc) is 3.08. The van der Waals surface area contributed by atoms with Crippen LogP contribution in [-0.4, -0.2) is 22.4 Å². The highest BCUT2D eigenvalue weighted by molar-refractivity contribution is 5.36. The molecule has 0 aromatic heterocycles. The fourth-order valence-corrected chi connectivity index (χ4v) is 8.75. The molecule has 0 spiro atoms. The number of aliphatic hydroxyl groups excluding tert-OH is 2. The fourth-order valence-electron chi connectivity index (χ4n) is 8.75. The van der Waals surface area contributed by atoms with Gasteiger partial charge in [-0.25, -0.2) is 0 Å². The zero-order chi connectivity index (χ0) is 22.6. The molecule has 31 heavy (non-hydrogen) atoms. The summed E-state index contributed by atoms with van der Waals surface area (Å²) in [6, 6.07) is 0. The first kappa shape index (κ1) is 23.6. The summed E-state index contributed by atoms with van der Waals surface area (Å²) >= 11 is 0. The van der Waals surface area contributed by atoms with Crippen molar-refractivity contribution in [2.75, 3.05) is 0 Å². The predicted molar refractivity (Wildman–Crippen MR) is 130 cm³/mol. The molecule has 0 amide bonds. The van der Waals surface area contributed by atoms with Crippen LogP contribution in [0.25, 0.3) is 0 Å². The third-order valence-electron chi connectivity index (χ3n) is 11.0. The van der Waals surface area contributed by atoms with E-state index >= 15 is 0 Å². The molecule has 0 bridgehead atoms. The highest BCUT2D eigenvalue weighted by Gasteiger charge is 2.59. The minimum absolute atomic E-state index is 0.167. The van der Waals surface area contributed by atoms with Crippen LogP contribution in [0.15, 0.2) is 23.8 Å². The van der Waals surface area contributed by atoms with E-state index in [4.69, 9.17) is 0 Å².